The summed E-state index contributed by atoms with van der Waals surface area (Å²) in [4.78, 5) is 26.2. The molecule has 1 aromatic heterocycles. The van der Waals surface area contributed by atoms with Crippen molar-refractivity contribution in [3.05, 3.63) is 47.3 Å². The summed E-state index contributed by atoms with van der Waals surface area (Å²) >= 11 is 0. The minimum absolute atomic E-state index is 0.309. The lowest BCUT2D eigenvalue weighted by Crippen LogP contribution is -2.49. The Labute approximate surface area is 153 Å². The van der Waals surface area contributed by atoms with Crippen molar-refractivity contribution < 1.29 is 9.59 Å². The largest absolute Gasteiger partial charge is 0.366 e. The number of hydrogen-bond acceptors (Lipinski definition) is 2. The number of amides is 3. The van der Waals surface area contributed by atoms with E-state index in [0.717, 1.165) is 22.5 Å². The van der Waals surface area contributed by atoms with Crippen LogP contribution in [0.15, 0.2) is 30.3 Å². The molecule has 6 nitrogen and oxygen atoms in total. The van der Waals surface area contributed by atoms with Gasteiger partial charge in [-0.25, -0.2) is 4.79 Å². The molecule has 1 unspecified atom stereocenters. The van der Waals surface area contributed by atoms with Gasteiger partial charge in [0.15, 0.2) is 0 Å². The Morgan fingerprint density at radius 3 is 2.19 bits per heavy atom. The second kappa shape index (κ2) is 6.20. The zero-order valence-corrected chi connectivity index (χ0v) is 15.7. The van der Waals surface area contributed by atoms with Crippen LogP contribution in [0.5, 0.6) is 0 Å². The molecule has 4 N–H and O–H groups in total. The molecule has 0 aliphatic carbocycles. The average Bonchev–Trinajstić information content (AvgIpc) is 2.87. The van der Waals surface area contributed by atoms with Crippen molar-refractivity contribution in [2.24, 2.45) is 16.9 Å². The number of urea groups is 1. The molecule has 1 aromatic carbocycles. The summed E-state index contributed by atoms with van der Waals surface area (Å²) in [6.45, 7) is 9.21. The number of carbonyl (C=O) groups excluding carboxylic acids is 2. The van der Waals surface area contributed by atoms with Gasteiger partial charge in [0.05, 0.1) is 17.3 Å². The summed E-state index contributed by atoms with van der Waals surface area (Å²) in [6, 6.07) is 8.95. The van der Waals surface area contributed by atoms with Crippen LogP contribution < -0.4 is 11.5 Å². The molecule has 3 rings (SSSR count). The van der Waals surface area contributed by atoms with Crippen LogP contribution in [0.25, 0.3) is 11.1 Å². The molecule has 1 aliphatic rings. The lowest BCUT2D eigenvalue weighted by atomic mass is 9.81. The number of benzene rings is 1. The molecule has 26 heavy (non-hydrogen) atoms. The molecule has 3 amide bonds. The SMILES string of the molecule is Cc1c(-c2ccccc2)c(C(N)=O)c2n1CCN(C(N)=O)C2C(C)(C)C. The molecule has 0 spiro atoms. The Bertz CT molecular complexity index is 862. The minimum Gasteiger partial charge on any atom is -0.366 e. The number of nitrogens with zero attached hydrogens (tertiary/aromatic N) is 2. The van der Waals surface area contributed by atoms with Crippen LogP contribution in [0.4, 0.5) is 4.79 Å². The minimum atomic E-state index is -0.485. The van der Waals surface area contributed by atoms with Gasteiger partial charge in [-0.3, -0.25) is 4.79 Å². The van der Waals surface area contributed by atoms with Crippen molar-refractivity contribution >= 4 is 11.9 Å². The topological polar surface area (TPSA) is 94.3 Å². The van der Waals surface area contributed by atoms with E-state index >= 15 is 0 Å². The van der Waals surface area contributed by atoms with Crippen molar-refractivity contribution in [1.29, 1.82) is 0 Å². The maximum absolute atomic E-state index is 12.5. The van der Waals surface area contributed by atoms with Gasteiger partial charge in [-0.1, -0.05) is 51.1 Å². The van der Waals surface area contributed by atoms with Crippen LogP contribution in [0.2, 0.25) is 0 Å². The van der Waals surface area contributed by atoms with E-state index in [1.807, 2.05) is 58.0 Å². The lowest BCUT2D eigenvalue weighted by molar-refractivity contribution is 0.0916. The van der Waals surface area contributed by atoms with Crippen molar-refractivity contribution in [2.45, 2.75) is 40.3 Å². The van der Waals surface area contributed by atoms with Gasteiger partial charge in [-0.2, -0.15) is 0 Å². The van der Waals surface area contributed by atoms with E-state index in [1.165, 1.54) is 0 Å². The zero-order valence-electron chi connectivity index (χ0n) is 15.7. The van der Waals surface area contributed by atoms with Crippen LogP contribution >= 0.6 is 0 Å². The van der Waals surface area contributed by atoms with E-state index in [1.54, 1.807) is 4.90 Å². The second-order valence-corrected chi connectivity index (χ2v) is 7.90. The molecule has 0 saturated heterocycles. The molecule has 138 valence electrons. The quantitative estimate of drug-likeness (QED) is 0.867. The Hall–Kier alpha value is -2.76. The highest BCUT2D eigenvalue weighted by Crippen LogP contribution is 2.46. The summed E-state index contributed by atoms with van der Waals surface area (Å²) in [5, 5.41) is 0. The van der Waals surface area contributed by atoms with Gasteiger partial charge in [0.25, 0.3) is 5.91 Å². The summed E-state index contributed by atoms with van der Waals surface area (Å²) in [7, 11) is 0. The fraction of sp³-hybridized carbons (Fsp3) is 0.400. The van der Waals surface area contributed by atoms with Crippen molar-refractivity contribution in [1.82, 2.24) is 9.47 Å². The first-order valence-electron chi connectivity index (χ1n) is 8.79. The van der Waals surface area contributed by atoms with Crippen molar-refractivity contribution in [3.63, 3.8) is 0 Å². The Morgan fingerprint density at radius 1 is 1.08 bits per heavy atom. The summed E-state index contributed by atoms with van der Waals surface area (Å²) in [5.41, 5.74) is 15.2. The molecule has 0 fully saturated rings. The van der Waals surface area contributed by atoms with Gasteiger partial charge in [0, 0.05) is 24.3 Å². The van der Waals surface area contributed by atoms with Gasteiger partial charge < -0.3 is 20.9 Å². The number of carbonyl (C=O) groups is 2. The maximum Gasteiger partial charge on any atom is 0.315 e. The van der Waals surface area contributed by atoms with E-state index in [4.69, 9.17) is 11.5 Å². The molecule has 1 aliphatic heterocycles. The highest BCUT2D eigenvalue weighted by molar-refractivity contribution is 6.02. The van der Waals surface area contributed by atoms with Gasteiger partial charge in [0.1, 0.15) is 0 Å². The number of aromatic nitrogens is 1. The molecule has 1 atom stereocenters. The number of hydrogen-bond donors (Lipinski definition) is 2. The van der Waals surface area contributed by atoms with E-state index in [0.29, 0.717) is 18.7 Å². The Balaban J connectivity index is 2.36. The predicted octanol–water partition coefficient (Wildman–Crippen LogP) is 3.04. The van der Waals surface area contributed by atoms with E-state index in [9.17, 15) is 9.59 Å². The summed E-state index contributed by atoms with van der Waals surface area (Å²) in [6.07, 6.45) is 0. The van der Waals surface area contributed by atoms with Gasteiger partial charge in [-0.05, 0) is 17.9 Å². The third kappa shape index (κ3) is 2.75. The van der Waals surface area contributed by atoms with Crippen LogP contribution in [0, 0.1) is 12.3 Å². The zero-order chi connectivity index (χ0) is 19.2. The van der Waals surface area contributed by atoms with E-state index in [-0.39, 0.29) is 11.5 Å². The van der Waals surface area contributed by atoms with Crippen LogP contribution in [-0.4, -0.2) is 28.0 Å². The second-order valence-electron chi connectivity index (χ2n) is 7.90. The first-order chi connectivity index (χ1) is 12.1. The summed E-state index contributed by atoms with van der Waals surface area (Å²) in [5.74, 6) is -0.485. The predicted molar refractivity (Wildman–Crippen MR) is 102 cm³/mol. The van der Waals surface area contributed by atoms with Gasteiger partial charge in [-0.15, -0.1) is 0 Å². The van der Waals surface area contributed by atoms with Gasteiger partial charge >= 0.3 is 6.03 Å². The van der Waals surface area contributed by atoms with Crippen LogP contribution in [-0.2, 0) is 6.54 Å². The van der Waals surface area contributed by atoms with Gasteiger partial charge in [0.2, 0.25) is 0 Å². The van der Waals surface area contributed by atoms with Crippen LogP contribution in [0.3, 0.4) is 0 Å². The fourth-order valence-corrected chi connectivity index (χ4v) is 4.14. The molecule has 0 saturated carbocycles. The first kappa shape index (κ1) is 18.0. The van der Waals surface area contributed by atoms with Crippen molar-refractivity contribution in [2.75, 3.05) is 6.54 Å². The first-order valence-corrected chi connectivity index (χ1v) is 8.79. The molecule has 2 heterocycles. The monoisotopic (exact) mass is 354 g/mol. The average molecular weight is 354 g/mol. The molecule has 2 aromatic rings. The number of fused-ring (bicyclic) bond motifs is 1. The third-order valence-corrected chi connectivity index (χ3v) is 5.11. The molecule has 0 bridgehead atoms. The number of nitrogens with two attached hydrogens (primary N) is 2. The Morgan fingerprint density at radius 2 is 1.69 bits per heavy atom. The normalized spacial score (nSPS) is 17.1. The van der Waals surface area contributed by atoms with Crippen LogP contribution in [0.1, 0.15) is 48.6 Å². The molecular weight excluding hydrogens is 328 g/mol. The highest BCUT2D eigenvalue weighted by atomic mass is 16.2. The molecular formula is C20H26N4O2. The third-order valence-electron chi connectivity index (χ3n) is 5.11. The lowest BCUT2D eigenvalue weighted by Gasteiger charge is -2.43. The maximum atomic E-state index is 12.5. The highest BCUT2D eigenvalue weighted by Gasteiger charge is 2.43. The molecule has 0 radical (unpaired) electrons. The smallest absolute Gasteiger partial charge is 0.315 e. The Kier molecular flexibility index (Phi) is 4.30. The summed E-state index contributed by atoms with van der Waals surface area (Å²) < 4.78 is 2.12. The van der Waals surface area contributed by atoms with E-state index < -0.39 is 11.9 Å². The van der Waals surface area contributed by atoms with E-state index in [2.05, 4.69) is 4.57 Å². The number of rotatable bonds is 2. The number of primary amides is 2. The standard InChI is InChI=1S/C20H26N4O2/c1-12-14(13-8-6-5-7-9-13)15(18(21)25)16-17(20(2,3)4)24(19(22)26)11-10-23(12)16/h5-9,17H,10-11H2,1-4H3,(H2,21,25)(H2,22,26). The molecule has 6 heteroatoms. The fourth-order valence-electron chi connectivity index (χ4n) is 4.14. The van der Waals surface area contributed by atoms with Crippen molar-refractivity contribution in [3.8, 4) is 11.1 Å².